The van der Waals surface area contributed by atoms with Gasteiger partial charge >= 0.3 is 0 Å². The largest absolute Gasteiger partial charge is 0.436 e. The average molecular weight is 890 g/mol. The van der Waals surface area contributed by atoms with Gasteiger partial charge in [-0.25, -0.2) is 4.98 Å². The van der Waals surface area contributed by atoms with Gasteiger partial charge in [0.1, 0.15) is 5.52 Å². The van der Waals surface area contributed by atoms with Crippen molar-refractivity contribution in [2.45, 2.75) is 214 Å². The second-order valence-corrected chi connectivity index (χ2v) is 19.6. The van der Waals surface area contributed by atoms with Crippen LogP contribution in [0.15, 0.2) is 107 Å². The first-order chi connectivity index (χ1) is 32.6. The molecule has 0 saturated carbocycles. The highest BCUT2D eigenvalue weighted by Gasteiger charge is 2.26. The molecule has 1 unspecified atom stereocenters. The summed E-state index contributed by atoms with van der Waals surface area (Å²) in [5, 5.41) is 2.31. The van der Waals surface area contributed by atoms with Crippen LogP contribution in [0.25, 0.3) is 28.6 Å². The van der Waals surface area contributed by atoms with Crippen LogP contribution < -0.4 is 10.4 Å². The molecule has 4 aromatic carbocycles. The number of aryl methyl sites for hydroxylation is 4. The van der Waals surface area contributed by atoms with Crippen LogP contribution in [0, 0.1) is 0 Å². The van der Waals surface area contributed by atoms with Crippen molar-refractivity contribution in [2.24, 2.45) is 0 Å². The van der Waals surface area contributed by atoms with Gasteiger partial charge in [-0.2, -0.15) is 0 Å². The number of anilines is 1. The van der Waals surface area contributed by atoms with Gasteiger partial charge in [0, 0.05) is 5.56 Å². The molecule has 0 bridgehead atoms. The second kappa shape index (κ2) is 29.2. The molecule has 0 spiro atoms. The van der Waals surface area contributed by atoms with Crippen molar-refractivity contribution in [3.63, 3.8) is 0 Å². The molecule has 2 heterocycles. The molecule has 1 atom stereocenters. The third-order valence-electron chi connectivity index (χ3n) is 13.9. The van der Waals surface area contributed by atoms with Gasteiger partial charge in [-0.1, -0.05) is 217 Å². The number of allylic oxidation sites excluding steroid dienone is 1. The van der Waals surface area contributed by atoms with Crippen molar-refractivity contribution in [1.29, 1.82) is 0 Å². The molecule has 0 saturated heterocycles. The quantitative estimate of drug-likeness (QED) is 0.0426. The van der Waals surface area contributed by atoms with Gasteiger partial charge in [0.25, 0.3) is 0 Å². The fourth-order valence-corrected chi connectivity index (χ4v) is 9.68. The Labute approximate surface area is 402 Å². The molecule has 1 aliphatic rings. The predicted molar refractivity (Wildman–Crippen MR) is 286 cm³/mol. The van der Waals surface area contributed by atoms with Gasteiger partial charge in [-0.15, -0.1) is 0 Å². The highest BCUT2D eigenvalue weighted by atomic mass is 16.3. The maximum Gasteiger partial charge on any atom is 0.227 e. The minimum Gasteiger partial charge on any atom is -0.436 e. The maximum atomic E-state index is 6.52. The normalized spacial score (nSPS) is 13.9. The maximum absolute atomic E-state index is 6.52. The first-order valence-corrected chi connectivity index (χ1v) is 27.2. The van der Waals surface area contributed by atoms with E-state index in [0.29, 0.717) is 5.89 Å². The minimum absolute atomic E-state index is 0.0531. The molecule has 1 aliphatic heterocycles. The SMILES string of the molecule is CCCCCCCCCCCCc1ccc(C=CC2=CC(c3ccc(CCCCCCCCCCCC)cc3)N(c3ccc(-c4nc5c(CCCC)cc(CCCC)cc5o4)cc3)N2)cc1. The van der Waals surface area contributed by atoms with Crippen molar-refractivity contribution in [3.05, 3.63) is 136 Å². The highest BCUT2D eigenvalue weighted by molar-refractivity contribution is 5.81. The van der Waals surface area contributed by atoms with Crippen molar-refractivity contribution in [1.82, 2.24) is 10.4 Å². The van der Waals surface area contributed by atoms with E-state index in [1.807, 2.05) is 0 Å². The summed E-state index contributed by atoms with van der Waals surface area (Å²) < 4.78 is 6.52. The number of rotatable bonds is 33. The summed E-state index contributed by atoms with van der Waals surface area (Å²) in [6.45, 7) is 9.11. The van der Waals surface area contributed by atoms with E-state index in [2.05, 4.69) is 141 Å². The molecule has 5 aromatic rings. The van der Waals surface area contributed by atoms with Crippen LogP contribution in [-0.2, 0) is 25.7 Å². The van der Waals surface area contributed by atoms with Crippen molar-refractivity contribution >= 4 is 22.9 Å². The minimum atomic E-state index is 0.0531. The molecule has 1 aromatic heterocycles. The number of benzene rings is 4. The second-order valence-electron chi connectivity index (χ2n) is 19.6. The summed E-state index contributed by atoms with van der Waals surface area (Å²) in [5.74, 6) is 0.696. The Bertz CT molecular complexity index is 2140. The number of fused-ring (bicyclic) bond motifs is 1. The lowest BCUT2D eigenvalue weighted by Crippen LogP contribution is -2.34. The average Bonchev–Trinajstić information content (AvgIpc) is 3.99. The summed E-state index contributed by atoms with van der Waals surface area (Å²) in [4.78, 5) is 5.10. The molecule has 0 fully saturated rings. The zero-order valence-electron chi connectivity index (χ0n) is 42.0. The third kappa shape index (κ3) is 16.6. The zero-order valence-corrected chi connectivity index (χ0v) is 42.0. The molecule has 0 radical (unpaired) electrons. The Balaban J connectivity index is 1.10. The van der Waals surface area contributed by atoms with Crippen LogP contribution in [0.5, 0.6) is 0 Å². The molecular weight excluding hydrogens is 803 g/mol. The van der Waals surface area contributed by atoms with E-state index in [4.69, 9.17) is 9.40 Å². The van der Waals surface area contributed by atoms with E-state index >= 15 is 0 Å². The smallest absolute Gasteiger partial charge is 0.227 e. The fraction of sp³-hybridized carbons (Fsp3) is 0.532. The number of hydrogen-bond acceptors (Lipinski definition) is 4. The number of unbranched alkanes of at least 4 members (excludes halogenated alkanes) is 20. The van der Waals surface area contributed by atoms with E-state index in [-0.39, 0.29) is 6.04 Å². The molecule has 0 amide bonds. The number of hydrogen-bond donors (Lipinski definition) is 1. The van der Waals surface area contributed by atoms with Crippen LogP contribution in [0.3, 0.4) is 0 Å². The topological polar surface area (TPSA) is 41.3 Å². The summed E-state index contributed by atoms with van der Waals surface area (Å²) >= 11 is 0. The summed E-state index contributed by atoms with van der Waals surface area (Å²) in [6.07, 6.45) is 43.5. The Morgan fingerprint density at radius 3 is 1.56 bits per heavy atom. The van der Waals surface area contributed by atoms with Crippen molar-refractivity contribution in [2.75, 3.05) is 5.01 Å². The van der Waals surface area contributed by atoms with E-state index in [0.717, 1.165) is 53.7 Å². The molecule has 356 valence electrons. The van der Waals surface area contributed by atoms with Gasteiger partial charge < -0.3 is 4.42 Å². The van der Waals surface area contributed by atoms with Crippen molar-refractivity contribution in [3.8, 4) is 11.5 Å². The lowest BCUT2D eigenvalue weighted by Gasteiger charge is -2.27. The van der Waals surface area contributed by atoms with E-state index in [1.165, 1.54) is 187 Å². The van der Waals surface area contributed by atoms with E-state index in [9.17, 15) is 0 Å². The standard InChI is InChI=1S/C62H87N3O/c1-5-9-13-15-17-19-21-23-25-27-30-50-33-35-52(36-34-50)39-44-57-49-59(54-40-37-51(38-41-54)31-28-26-24-22-20-18-16-14-10-6-2)65(64-57)58-45-42-55(43-46-58)62-63-61-56(32-12-8-4)47-53(29-11-7-3)48-60(61)66-62/h33-49,59,64H,5-32H2,1-4H3. The first kappa shape index (κ1) is 50.8. The van der Waals surface area contributed by atoms with Crippen LogP contribution in [0.2, 0.25) is 0 Å². The number of oxazole rings is 1. The Morgan fingerprint density at radius 2 is 1.00 bits per heavy atom. The van der Waals surface area contributed by atoms with Gasteiger partial charge in [0.2, 0.25) is 5.89 Å². The van der Waals surface area contributed by atoms with E-state index in [1.54, 1.807) is 0 Å². The zero-order chi connectivity index (χ0) is 46.0. The van der Waals surface area contributed by atoms with Gasteiger partial charge in [0.15, 0.2) is 5.58 Å². The number of nitrogens with zero attached hydrogens (tertiary/aromatic N) is 2. The monoisotopic (exact) mass is 890 g/mol. The third-order valence-corrected chi connectivity index (χ3v) is 13.9. The predicted octanol–water partition coefficient (Wildman–Crippen LogP) is 18.8. The lowest BCUT2D eigenvalue weighted by molar-refractivity contribution is 0.556. The molecule has 4 nitrogen and oxygen atoms in total. The highest BCUT2D eigenvalue weighted by Crippen LogP contribution is 2.35. The molecule has 6 rings (SSSR count). The Kier molecular flexibility index (Phi) is 22.5. The van der Waals surface area contributed by atoms with Crippen LogP contribution in [0.4, 0.5) is 5.69 Å². The number of hydrazine groups is 1. The molecular formula is C62H87N3O. The molecule has 4 heteroatoms. The van der Waals surface area contributed by atoms with Gasteiger partial charge in [0.05, 0.1) is 17.4 Å². The number of nitrogens with one attached hydrogen (secondary N) is 1. The van der Waals surface area contributed by atoms with Gasteiger partial charge in [-0.3, -0.25) is 10.4 Å². The Morgan fingerprint density at radius 1 is 0.500 bits per heavy atom. The van der Waals surface area contributed by atoms with Gasteiger partial charge in [-0.05, 0) is 127 Å². The summed E-state index contributed by atoms with van der Waals surface area (Å²) in [5.41, 5.74) is 17.0. The Hall–Kier alpha value is -4.57. The lowest BCUT2D eigenvalue weighted by atomic mass is 10.00. The summed E-state index contributed by atoms with van der Waals surface area (Å²) in [7, 11) is 0. The first-order valence-electron chi connectivity index (χ1n) is 27.2. The fourth-order valence-electron chi connectivity index (χ4n) is 9.68. The molecule has 1 N–H and O–H groups in total. The van der Waals surface area contributed by atoms with Crippen LogP contribution >= 0.6 is 0 Å². The number of aromatic nitrogens is 1. The van der Waals surface area contributed by atoms with Crippen LogP contribution in [0.1, 0.15) is 221 Å². The van der Waals surface area contributed by atoms with Crippen LogP contribution in [-0.4, -0.2) is 4.98 Å². The van der Waals surface area contributed by atoms with Crippen molar-refractivity contribution < 1.29 is 4.42 Å². The summed E-state index contributed by atoms with van der Waals surface area (Å²) in [6, 6.07) is 32.0. The molecule has 66 heavy (non-hydrogen) atoms. The van der Waals surface area contributed by atoms with E-state index < -0.39 is 0 Å². The molecule has 0 aliphatic carbocycles.